The molecule has 1 heterocycles. The first-order valence-electron chi connectivity index (χ1n) is 10.3. The van der Waals surface area contributed by atoms with Gasteiger partial charge in [-0.3, -0.25) is 10.0 Å². The second-order valence-electron chi connectivity index (χ2n) is 7.48. The van der Waals surface area contributed by atoms with Gasteiger partial charge < -0.3 is 4.74 Å². The molecule has 162 valence electrons. The van der Waals surface area contributed by atoms with Crippen LogP contribution in [0.4, 0.5) is 0 Å². The molecule has 0 spiro atoms. The minimum absolute atomic E-state index is 0.383. The lowest BCUT2D eigenvalue weighted by atomic mass is 10.0. The fraction of sp³-hybridized carbons (Fsp3) is 0.154. The molecule has 0 aliphatic rings. The number of hydroxylamine groups is 2. The molecule has 1 atom stereocenters. The number of ether oxygens (including phenoxy) is 1. The molecule has 0 aliphatic carbocycles. The highest BCUT2D eigenvalue weighted by atomic mass is 32.1. The van der Waals surface area contributed by atoms with E-state index in [1.54, 1.807) is 18.3 Å². The molecule has 6 heteroatoms. The molecule has 4 rings (SSSR count). The maximum absolute atomic E-state index is 11.3. The van der Waals surface area contributed by atoms with Gasteiger partial charge in [0.05, 0.1) is 11.7 Å². The van der Waals surface area contributed by atoms with E-state index in [1.165, 1.54) is 6.92 Å². The Labute approximate surface area is 191 Å². The van der Waals surface area contributed by atoms with E-state index in [0.717, 1.165) is 43.8 Å². The Kier molecular flexibility index (Phi) is 6.63. The quantitative estimate of drug-likeness (QED) is 0.266. The van der Waals surface area contributed by atoms with Crippen LogP contribution in [0.5, 0.6) is 5.75 Å². The molecule has 1 unspecified atom stereocenters. The van der Waals surface area contributed by atoms with E-state index in [4.69, 9.17) is 4.74 Å². The number of rotatable bonds is 7. The van der Waals surface area contributed by atoms with Crippen LogP contribution in [-0.4, -0.2) is 21.2 Å². The van der Waals surface area contributed by atoms with E-state index in [9.17, 15) is 10.0 Å². The molecular weight excluding hydrogens is 420 g/mol. The molecule has 0 bridgehead atoms. The van der Waals surface area contributed by atoms with E-state index >= 15 is 0 Å². The van der Waals surface area contributed by atoms with Crippen LogP contribution in [0.3, 0.4) is 0 Å². The number of nitrogens with zero attached hydrogens (tertiary/aromatic N) is 2. The smallest absolute Gasteiger partial charge is 0.243 e. The van der Waals surface area contributed by atoms with Crippen LogP contribution >= 0.6 is 11.3 Å². The molecule has 0 aliphatic heterocycles. The minimum Gasteiger partial charge on any atom is -0.487 e. The van der Waals surface area contributed by atoms with Gasteiger partial charge in [0, 0.05) is 17.9 Å². The largest absolute Gasteiger partial charge is 0.487 e. The average molecular weight is 445 g/mol. The van der Waals surface area contributed by atoms with Crippen molar-refractivity contribution in [2.24, 2.45) is 0 Å². The Morgan fingerprint density at radius 2 is 1.59 bits per heavy atom. The number of carbonyl (C=O) groups is 1. The first-order chi connectivity index (χ1) is 15.5. The second kappa shape index (κ2) is 9.77. The standard InChI is InChI=1S/C26H24N2O3S/c1-18(28(30)19(2)29)20-8-10-21(11-9-20)22-12-14-25(15-13-22)31-16-24-17-32-26(27-24)23-6-4-3-5-7-23/h3-15,17-18,30H,16H2,1-2H3. The summed E-state index contributed by atoms with van der Waals surface area (Å²) >= 11 is 1.62. The Hall–Kier alpha value is -3.48. The Bertz CT molecular complexity index is 1170. The fourth-order valence-corrected chi connectivity index (χ4v) is 4.17. The summed E-state index contributed by atoms with van der Waals surface area (Å²) in [4.78, 5) is 16.0. The number of benzene rings is 3. The van der Waals surface area contributed by atoms with E-state index in [2.05, 4.69) is 17.1 Å². The van der Waals surface area contributed by atoms with Gasteiger partial charge in [-0.05, 0) is 35.7 Å². The molecular formula is C26H24N2O3S. The number of amides is 1. The summed E-state index contributed by atoms with van der Waals surface area (Å²) in [5.74, 6) is 0.400. The zero-order valence-electron chi connectivity index (χ0n) is 17.9. The first-order valence-corrected chi connectivity index (χ1v) is 11.2. The van der Waals surface area contributed by atoms with Gasteiger partial charge in [0.15, 0.2) is 0 Å². The van der Waals surface area contributed by atoms with Crippen molar-refractivity contribution in [1.29, 1.82) is 0 Å². The number of hydrogen-bond donors (Lipinski definition) is 1. The molecule has 0 saturated carbocycles. The Morgan fingerprint density at radius 1 is 0.969 bits per heavy atom. The maximum Gasteiger partial charge on any atom is 0.243 e. The highest BCUT2D eigenvalue weighted by molar-refractivity contribution is 7.13. The molecule has 1 amide bonds. The average Bonchev–Trinajstić information content (AvgIpc) is 3.32. The van der Waals surface area contributed by atoms with Crippen LogP contribution in [-0.2, 0) is 11.4 Å². The maximum atomic E-state index is 11.3. The SMILES string of the molecule is CC(=O)N(O)C(C)c1ccc(-c2ccc(OCc3csc(-c4ccccc4)n3)cc2)cc1. The summed E-state index contributed by atoms with van der Waals surface area (Å²) in [6, 6.07) is 25.4. The van der Waals surface area contributed by atoms with Gasteiger partial charge in [-0.2, -0.15) is 0 Å². The Morgan fingerprint density at radius 3 is 2.22 bits per heavy atom. The zero-order chi connectivity index (χ0) is 22.5. The lowest BCUT2D eigenvalue weighted by Gasteiger charge is -2.21. The minimum atomic E-state index is -0.398. The Balaban J connectivity index is 1.37. The third-order valence-corrected chi connectivity index (χ3v) is 6.17. The van der Waals surface area contributed by atoms with Crippen molar-refractivity contribution in [3.8, 4) is 27.4 Å². The summed E-state index contributed by atoms with van der Waals surface area (Å²) in [6.07, 6.45) is 0. The first kappa shape index (κ1) is 21.7. The van der Waals surface area contributed by atoms with E-state index in [-0.39, 0.29) is 5.91 Å². The van der Waals surface area contributed by atoms with Gasteiger partial charge in [0.25, 0.3) is 0 Å². The molecule has 0 radical (unpaired) electrons. The molecule has 32 heavy (non-hydrogen) atoms. The van der Waals surface area contributed by atoms with E-state index < -0.39 is 6.04 Å². The monoisotopic (exact) mass is 444 g/mol. The highest BCUT2D eigenvalue weighted by Gasteiger charge is 2.16. The predicted octanol–water partition coefficient (Wildman–Crippen LogP) is 6.35. The van der Waals surface area contributed by atoms with Gasteiger partial charge >= 0.3 is 0 Å². The summed E-state index contributed by atoms with van der Waals surface area (Å²) in [5.41, 5.74) is 4.99. The molecule has 0 saturated heterocycles. The van der Waals surface area contributed by atoms with Crippen LogP contribution in [0, 0.1) is 0 Å². The summed E-state index contributed by atoms with van der Waals surface area (Å²) in [5, 5.41) is 13.6. The molecule has 4 aromatic rings. The van der Waals surface area contributed by atoms with Crippen LogP contribution in [0.2, 0.25) is 0 Å². The van der Waals surface area contributed by atoms with Gasteiger partial charge in [0.2, 0.25) is 5.91 Å². The summed E-state index contributed by atoms with van der Waals surface area (Å²) in [6.45, 7) is 3.54. The zero-order valence-corrected chi connectivity index (χ0v) is 18.8. The molecule has 5 nitrogen and oxygen atoms in total. The van der Waals surface area contributed by atoms with Crippen molar-refractivity contribution in [3.63, 3.8) is 0 Å². The molecule has 0 fully saturated rings. The normalized spacial score (nSPS) is 11.7. The van der Waals surface area contributed by atoms with E-state index in [0.29, 0.717) is 6.61 Å². The van der Waals surface area contributed by atoms with Gasteiger partial charge in [-0.1, -0.05) is 66.7 Å². The summed E-state index contributed by atoms with van der Waals surface area (Å²) < 4.78 is 5.91. The van der Waals surface area contributed by atoms with Crippen LogP contribution in [0.25, 0.3) is 21.7 Å². The van der Waals surface area contributed by atoms with Crippen molar-refractivity contribution in [2.45, 2.75) is 26.5 Å². The number of carbonyl (C=O) groups excluding carboxylic acids is 1. The lowest BCUT2D eigenvalue weighted by molar-refractivity contribution is -0.172. The van der Waals surface area contributed by atoms with Crippen LogP contribution < -0.4 is 4.74 Å². The number of hydrogen-bond acceptors (Lipinski definition) is 5. The number of thiazole rings is 1. The van der Waals surface area contributed by atoms with Crippen molar-refractivity contribution < 1.29 is 14.7 Å². The second-order valence-corrected chi connectivity index (χ2v) is 8.34. The van der Waals surface area contributed by atoms with Crippen molar-refractivity contribution in [2.75, 3.05) is 0 Å². The van der Waals surface area contributed by atoms with E-state index in [1.807, 2.05) is 72.1 Å². The lowest BCUT2D eigenvalue weighted by Crippen LogP contribution is -2.27. The van der Waals surface area contributed by atoms with Crippen LogP contribution in [0.1, 0.15) is 31.1 Å². The molecule has 1 N–H and O–H groups in total. The molecule has 3 aromatic carbocycles. The van der Waals surface area contributed by atoms with Crippen molar-refractivity contribution >= 4 is 17.2 Å². The third-order valence-electron chi connectivity index (χ3n) is 5.23. The fourth-order valence-electron chi connectivity index (χ4n) is 3.36. The van der Waals surface area contributed by atoms with Gasteiger partial charge in [0.1, 0.15) is 17.4 Å². The third kappa shape index (κ3) is 5.04. The van der Waals surface area contributed by atoms with Crippen molar-refractivity contribution in [1.82, 2.24) is 10.0 Å². The molecule has 1 aromatic heterocycles. The summed E-state index contributed by atoms with van der Waals surface area (Å²) in [7, 11) is 0. The topological polar surface area (TPSA) is 62.7 Å². The van der Waals surface area contributed by atoms with Crippen LogP contribution in [0.15, 0.2) is 84.2 Å². The predicted molar refractivity (Wildman–Crippen MR) is 126 cm³/mol. The number of aromatic nitrogens is 1. The highest BCUT2D eigenvalue weighted by Crippen LogP contribution is 2.27. The van der Waals surface area contributed by atoms with Crippen molar-refractivity contribution in [3.05, 3.63) is 95.5 Å². The van der Waals surface area contributed by atoms with Gasteiger partial charge in [-0.15, -0.1) is 11.3 Å². The van der Waals surface area contributed by atoms with Gasteiger partial charge in [-0.25, -0.2) is 10.0 Å².